The molecule has 0 radical (unpaired) electrons. The molecule has 0 saturated heterocycles. The summed E-state index contributed by atoms with van der Waals surface area (Å²) in [6, 6.07) is 15.0. The van der Waals surface area contributed by atoms with Gasteiger partial charge in [0.1, 0.15) is 0 Å². The lowest BCUT2D eigenvalue weighted by Gasteiger charge is -2.22. The molecule has 0 saturated carbocycles. The highest BCUT2D eigenvalue weighted by atomic mass is 35.5. The van der Waals surface area contributed by atoms with Crippen LogP contribution in [0.2, 0.25) is 5.02 Å². The second-order valence-electron chi connectivity index (χ2n) is 8.28. The molecule has 200 valence electrons. The van der Waals surface area contributed by atoms with Gasteiger partial charge < -0.3 is 9.47 Å². The summed E-state index contributed by atoms with van der Waals surface area (Å²) < 4.78 is 38.8. The van der Waals surface area contributed by atoms with Gasteiger partial charge in [0.15, 0.2) is 5.13 Å². The molecule has 0 aliphatic rings. The SMILES string of the molecule is COCCN(CCOC)S(=O)(=O)c1ccc(C(=O)N(Cc2cccnc2)c2nc3ccc(Cl)cc3s2)cc1. The fourth-order valence-corrected chi connectivity index (χ4v) is 6.36. The zero-order valence-corrected chi connectivity index (χ0v) is 23.3. The fourth-order valence-electron chi connectivity index (χ4n) is 3.72. The predicted octanol–water partition coefficient (Wildman–Crippen LogP) is 4.48. The minimum atomic E-state index is -3.81. The van der Waals surface area contributed by atoms with Crippen molar-refractivity contribution in [1.82, 2.24) is 14.3 Å². The van der Waals surface area contributed by atoms with Crippen LogP contribution in [-0.4, -0.2) is 69.1 Å². The van der Waals surface area contributed by atoms with Crippen molar-refractivity contribution in [3.8, 4) is 0 Å². The Morgan fingerprint density at radius 1 is 1.03 bits per heavy atom. The molecule has 0 atom stereocenters. The third-order valence-electron chi connectivity index (χ3n) is 5.71. The van der Waals surface area contributed by atoms with Gasteiger partial charge in [-0.05, 0) is 54.1 Å². The summed E-state index contributed by atoms with van der Waals surface area (Å²) >= 11 is 7.50. The molecule has 12 heteroatoms. The number of sulfonamides is 1. The number of nitrogens with zero attached hydrogens (tertiary/aromatic N) is 4. The van der Waals surface area contributed by atoms with Crippen molar-refractivity contribution in [2.24, 2.45) is 0 Å². The molecule has 0 aliphatic carbocycles. The fraction of sp³-hybridized carbons (Fsp3) is 0.269. The van der Waals surface area contributed by atoms with E-state index < -0.39 is 10.0 Å². The number of halogens is 1. The summed E-state index contributed by atoms with van der Waals surface area (Å²) in [7, 11) is -0.788. The molecule has 0 N–H and O–H groups in total. The molecule has 0 aliphatic heterocycles. The van der Waals surface area contributed by atoms with Crippen molar-refractivity contribution < 1.29 is 22.7 Å². The molecule has 9 nitrogen and oxygen atoms in total. The number of thiazole rings is 1. The van der Waals surface area contributed by atoms with Gasteiger partial charge in [-0.1, -0.05) is 29.0 Å². The van der Waals surface area contributed by atoms with E-state index in [-0.39, 0.29) is 43.7 Å². The van der Waals surface area contributed by atoms with Crippen LogP contribution in [0.1, 0.15) is 15.9 Å². The van der Waals surface area contributed by atoms with Gasteiger partial charge in [0, 0.05) is 50.3 Å². The first-order valence-corrected chi connectivity index (χ1v) is 14.3. The van der Waals surface area contributed by atoms with Crippen molar-refractivity contribution in [3.05, 3.63) is 83.1 Å². The van der Waals surface area contributed by atoms with Crippen LogP contribution in [0.15, 0.2) is 71.9 Å². The summed E-state index contributed by atoms with van der Waals surface area (Å²) in [4.78, 5) is 24.2. The van der Waals surface area contributed by atoms with Gasteiger partial charge in [-0.25, -0.2) is 13.4 Å². The number of pyridine rings is 1. The first-order valence-electron chi connectivity index (χ1n) is 11.7. The van der Waals surface area contributed by atoms with Crippen molar-refractivity contribution >= 4 is 54.2 Å². The van der Waals surface area contributed by atoms with Gasteiger partial charge in [0.25, 0.3) is 5.91 Å². The molecule has 4 aromatic rings. The molecule has 4 rings (SSSR count). The first kappa shape index (κ1) is 28.1. The van der Waals surface area contributed by atoms with Gasteiger partial charge in [-0.15, -0.1) is 0 Å². The number of carbonyl (C=O) groups is 1. The van der Waals surface area contributed by atoms with Crippen LogP contribution in [0.25, 0.3) is 10.2 Å². The monoisotopic (exact) mass is 574 g/mol. The predicted molar refractivity (Wildman–Crippen MR) is 148 cm³/mol. The van der Waals surface area contributed by atoms with E-state index >= 15 is 0 Å². The van der Waals surface area contributed by atoms with Crippen LogP contribution in [-0.2, 0) is 26.0 Å². The number of hydrogen-bond donors (Lipinski definition) is 0. The summed E-state index contributed by atoms with van der Waals surface area (Å²) in [5.41, 5.74) is 1.88. The maximum atomic E-state index is 13.7. The molecule has 0 unspecified atom stereocenters. The average molecular weight is 575 g/mol. The smallest absolute Gasteiger partial charge is 0.260 e. The largest absolute Gasteiger partial charge is 0.383 e. The summed E-state index contributed by atoms with van der Waals surface area (Å²) in [5, 5.41) is 1.08. The van der Waals surface area contributed by atoms with Crippen LogP contribution >= 0.6 is 22.9 Å². The number of benzene rings is 2. The Bertz CT molecular complexity index is 1470. The van der Waals surface area contributed by atoms with Crippen molar-refractivity contribution in [3.63, 3.8) is 0 Å². The molecule has 2 aromatic heterocycles. The van der Waals surface area contributed by atoms with E-state index in [4.69, 9.17) is 21.1 Å². The Balaban J connectivity index is 1.64. The molecule has 2 aromatic carbocycles. The lowest BCUT2D eigenvalue weighted by atomic mass is 10.2. The lowest BCUT2D eigenvalue weighted by molar-refractivity contribution is 0.0985. The quantitative estimate of drug-likeness (QED) is 0.246. The van der Waals surface area contributed by atoms with Gasteiger partial charge in [0.05, 0.1) is 34.9 Å². The van der Waals surface area contributed by atoms with E-state index in [1.807, 2.05) is 18.2 Å². The van der Waals surface area contributed by atoms with E-state index in [1.54, 1.807) is 29.4 Å². The highest BCUT2D eigenvalue weighted by molar-refractivity contribution is 7.89. The minimum Gasteiger partial charge on any atom is -0.383 e. The number of fused-ring (bicyclic) bond motifs is 1. The molecule has 1 amide bonds. The Morgan fingerprint density at radius 2 is 1.74 bits per heavy atom. The van der Waals surface area contributed by atoms with Crippen molar-refractivity contribution in [2.75, 3.05) is 45.4 Å². The van der Waals surface area contributed by atoms with Crippen LogP contribution in [0.4, 0.5) is 5.13 Å². The molecule has 0 bridgehead atoms. The number of amides is 1. The van der Waals surface area contributed by atoms with Crippen molar-refractivity contribution in [1.29, 1.82) is 0 Å². The van der Waals surface area contributed by atoms with Crippen molar-refractivity contribution in [2.45, 2.75) is 11.4 Å². The number of aromatic nitrogens is 2. The average Bonchev–Trinajstić information content (AvgIpc) is 3.35. The summed E-state index contributed by atoms with van der Waals surface area (Å²) in [6.07, 6.45) is 3.35. The molecular formula is C26H27ClN4O5S2. The van der Waals surface area contributed by atoms with Gasteiger partial charge in [-0.3, -0.25) is 14.7 Å². The Kier molecular flexibility index (Phi) is 9.42. The molecule has 0 spiro atoms. The highest BCUT2D eigenvalue weighted by Crippen LogP contribution is 2.32. The Labute approximate surface area is 230 Å². The topological polar surface area (TPSA) is 102 Å². The highest BCUT2D eigenvalue weighted by Gasteiger charge is 2.26. The normalized spacial score (nSPS) is 11.8. The Morgan fingerprint density at radius 3 is 2.37 bits per heavy atom. The van der Waals surface area contributed by atoms with E-state index in [9.17, 15) is 13.2 Å². The molecular weight excluding hydrogens is 548 g/mol. The summed E-state index contributed by atoms with van der Waals surface area (Å²) in [6.45, 7) is 1.10. The van der Waals surface area contributed by atoms with E-state index in [0.29, 0.717) is 15.7 Å². The standard InChI is InChI=1S/C26H27ClN4O5S2/c1-35-14-12-30(13-15-36-2)38(33,34)22-8-5-20(6-9-22)25(32)31(18-19-4-3-11-28-17-19)26-29-23-10-7-21(27)16-24(23)37-26/h3-11,16-17H,12-15,18H2,1-2H3. The van der Waals surface area contributed by atoms with E-state index in [1.165, 1.54) is 54.1 Å². The maximum Gasteiger partial charge on any atom is 0.260 e. The Hall–Kier alpha value is -2.93. The zero-order valence-electron chi connectivity index (χ0n) is 20.9. The van der Waals surface area contributed by atoms with Gasteiger partial charge >= 0.3 is 0 Å². The lowest BCUT2D eigenvalue weighted by Crippen LogP contribution is -2.36. The molecule has 0 fully saturated rings. The molecule has 38 heavy (non-hydrogen) atoms. The van der Waals surface area contributed by atoms with E-state index in [0.717, 1.165) is 15.8 Å². The second kappa shape index (κ2) is 12.7. The second-order valence-corrected chi connectivity index (χ2v) is 11.7. The van der Waals surface area contributed by atoms with Crippen LogP contribution in [0.3, 0.4) is 0 Å². The number of hydrogen-bond acceptors (Lipinski definition) is 8. The maximum absolute atomic E-state index is 13.7. The number of rotatable bonds is 12. The number of anilines is 1. The minimum absolute atomic E-state index is 0.0784. The third kappa shape index (κ3) is 6.55. The zero-order chi connectivity index (χ0) is 27.1. The first-order chi connectivity index (χ1) is 18.3. The number of methoxy groups -OCH3 is 2. The molecule has 2 heterocycles. The number of ether oxygens (including phenoxy) is 2. The van der Waals surface area contributed by atoms with Crippen LogP contribution < -0.4 is 4.90 Å². The van der Waals surface area contributed by atoms with Gasteiger partial charge in [-0.2, -0.15) is 4.31 Å². The number of carbonyl (C=O) groups excluding carboxylic acids is 1. The summed E-state index contributed by atoms with van der Waals surface area (Å²) in [5.74, 6) is -0.321. The third-order valence-corrected chi connectivity index (χ3v) is 8.90. The van der Waals surface area contributed by atoms with Gasteiger partial charge in [0.2, 0.25) is 10.0 Å². The van der Waals surface area contributed by atoms with Crippen LogP contribution in [0.5, 0.6) is 0 Å². The van der Waals surface area contributed by atoms with Crippen LogP contribution in [0, 0.1) is 0 Å². The van der Waals surface area contributed by atoms with E-state index in [2.05, 4.69) is 9.97 Å².